The summed E-state index contributed by atoms with van der Waals surface area (Å²) in [7, 11) is 2.88. The highest BCUT2D eigenvalue weighted by molar-refractivity contribution is 6.41. The van der Waals surface area contributed by atoms with Crippen LogP contribution in [0.2, 0.25) is 10.0 Å². The van der Waals surface area contributed by atoms with Gasteiger partial charge in [-0.1, -0.05) is 36.4 Å². The molecule has 3 N–H and O–H groups in total. The number of piperazine rings is 1. The Morgan fingerprint density at radius 3 is 2.31 bits per heavy atom. The number of nitrogens with one attached hydrogen (secondary N) is 3. The Labute approximate surface area is 271 Å². The van der Waals surface area contributed by atoms with Gasteiger partial charge in [0.1, 0.15) is 39.5 Å². The quantitative estimate of drug-likeness (QED) is 0.289. The van der Waals surface area contributed by atoms with Crippen LogP contribution >= 0.6 is 23.2 Å². The average Bonchev–Trinajstić information content (AvgIpc) is 3.49. The monoisotopic (exact) mass is 662 g/mol. The highest BCUT2D eigenvalue weighted by atomic mass is 35.5. The van der Waals surface area contributed by atoms with Crippen LogP contribution in [0, 0.1) is 0 Å². The first-order valence-electron chi connectivity index (χ1n) is 14.1. The molecule has 14 nitrogen and oxygen atoms in total. The summed E-state index contributed by atoms with van der Waals surface area (Å²) in [6.07, 6.45) is 3.83. The van der Waals surface area contributed by atoms with E-state index in [9.17, 15) is 14.4 Å². The van der Waals surface area contributed by atoms with Crippen LogP contribution in [0.15, 0.2) is 43.8 Å². The topological polar surface area (TPSA) is 150 Å². The molecule has 0 bridgehead atoms. The molecule has 0 saturated carbocycles. The van der Waals surface area contributed by atoms with Gasteiger partial charge in [-0.2, -0.15) is 0 Å². The zero-order valence-electron chi connectivity index (χ0n) is 25.1. The van der Waals surface area contributed by atoms with Crippen molar-refractivity contribution >= 4 is 58.4 Å². The molecule has 2 aromatic rings. The lowest BCUT2D eigenvalue weighted by Crippen LogP contribution is -2.50. The number of carbonyl (C=O) groups is 3. The van der Waals surface area contributed by atoms with Crippen molar-refractivity contribution < 1.29 is 28.6 Å². The molecule has 0 aliphatic carbocycles. The second kappa shape index (κ2) is 15.8. The molecule has 2 aliphatic heterocycles. The minimum atomic E-state index is -0.570. The number of nitrogens with zero attached hydrogens (tertiary/aromatic N) is 5. The van der Waals surface area contributed by atoms with Gasteiger partial charge in [-0.25, -0.2) is 14.8 Å². The first kappa shape index (κ1) is 33.8. The van der Waals surface area contributed by atoms with Gasteiger partial charge in [0, 0.05) is 51.4 Å². The van der Waals surface area contributed by atoms with Crippen molar-refractivity contribution in [1.82, 2.24) is 25.1 Å². The van der Waals surface area contributed by atoms with E-state index in [0.29, 0.717) is 51.8 Å². The number of rotatable bonds is 12. The Balaban J connectivity index is 1.57. The first-order valence-corrected chi connectivity index (χ1v) is 14.9. The standard InChI is InChI=1S/C29H36Cl2N8O6/c1-5-24(40)35-19-16-45-15-18(19)34-22-14-23(33-17-32-22)39(12-9-37-7-10-38(11-8-37)25(41)6-2)29(42)36-28-26(30)20(43-3)13-21(44-4)27(28)31/h5-6,13-14,17-19H,1-2,7-12,15-16H2,3-4H3,(H,35,40)(H,36,42)(H,32,33,34). The molecule has 0 spiro atoms. The molecule has 1 aromatic carbocycles. The zero-order chi connectivity index (χ0) is 32.5. The van der Waals surface area contributed by atoms with Gasteiger partial charge < -0.3 is 35.1 Å². The van der Waals surface area contributed by atoms with E-state index in [4.69, 9.17) is 37.4 Å². The third-order valence-electron chi connectivity index (χ3n) is 7.41. The summed E-state index contributed by atoms with van der Waals surface area (Å²) in [5, 5.41) is 9.09. The van der Waals surface area contributed by atoms with Gasteiger partial charge in [0.25, 0.3) is 0 Å². The van der Waals surface area contributed by atoms with Crippen LogP contribution in [-0.2, 0) is 14.3 Å². The molecule has 2 unspecified atom stereocenters. The van der Waals surface area contributed by atoms with Crippen molar-refractivity contribution in [2.75, 3.05) is 82.2 Å². The maximum atomic E-state index is 13.9. The van der Waals surface area contributed by atoms with E-state index in [1.54, 1.807) is 11.0 Å². The Hall–Kier alpha value is -4.11. The number of amides is 4. The molecule has 4 rings (SSSR count). The smallest absolute Gasteiger partial charge is 0.327 e. The van der Waals surface area contributed by atoms with Crippen molar-refractivity contribution in [3.8, 4) is 11.5 Å². The molecule has 2 aliphatic rings. The van der Waals surface area contributed by atoms with Crippen LogP contribution in [0.25, 0.3) is 0 Å². The summed E-state index contributed by atoms with van der Waals surface area (Å²) >= 11 is 13.1. The Morgan fingerprint density at radius 2 is 1.69 bits per heavy atom. The number of benzene rings is 1. The maximum Gasteiger partial charge on any atom is 0.327 e. The molecule has 16 heteroatoms. The summed E-state index contributed by atoms with van der Waals surface area (Å²) in [5.74, 6) is 0.803. The predicted octanol–water partition coefficient (Wildman–Crippen LogP) is 2.65. The number of ether oxygens (including phenoxy) is 3. The minimum Gasteiger partial charge on any atom is -0.495 e. The van der Waals surface area contributed by atoms with Crippen LogP contribution < -0.4 is 30.3 Å². The second-order valence-corrected chi connectivity index (χ2v) is 10.9. The third kappa shape index (κ3) is 8.34. The van der Waals surface area contributed by atoms with E-state index in [0.717, 1.165) is 0 Å². The number of aromatic nitrogens is 2. The van der Waals surface area contributed by atoms with E-state index >= 15 is 0 Å². The van der Waals surface area contributed by atoms with Gasteiger partial charge in [0.2, 0.25) is 11.8 Å². The highest BCUT2D eigenvalue weighted by Crippen LogP contribution is 2.44. The van der Waals surface area contributed by atoms with Gasteiger partial charge >= 0.3 is 6.03 Å². The van der Waals surface area contributed by atoms with Crippen LogP contribution in [0.5, 0.6) is 11.5 Å². The molecule has 2 atom stereocenters. The van der Waals surface area contributed by atoms with Crippen molar-refractivity contribution in [3.05, 3.63) is 53.8 Å². The van der Waals surface area contributed by atoms with Gasteiger partial charge in [-0.05, 0) is 12.2 Å². The van der Waals surface area contributed by atoms with Gasteiger partial charge in [0.05, 0.1) is 45.2 Å². The molecular formula is C29H36Cl2N8O6. The van der Waals surface area contributed by atoms with E-state index in [2.05, 4.69) is 44.0 Å². The van der Waals surface area contributed by atoms with Crippen molar-refractivity contribution in [3.63, 3.8) is 0 Å². The van der Waals surface area contributed by atoms with Crippen molar-refractivity contribution in [2.24, 2.45) is 0 Å². The molecule has 45 heavy (non-hydrogen) atoms. The number of carbonyl (C=O) groups excluding carboxylic acids is 3. The van der Waals surface area contributed by atoms with Crippen LogP contribution in [0.3, 0.4) is 0 Å². The molecular weight excluding hydrogens is 627 g/mol. The molecule has 1 aromatic heterocycles. The summed E-state index contributed by atoms with van der Waals surface area (Å²) in [6, 6.07) is 1.98. The van der Waals surface area contributed by atoms with Gasteiger partial charge in [0.15, 0.2) is 0 Å². The largest absolute Gasteiger partial charge is 0.495 e. The molecule has 0 radical (unpaired) electrons. The second-order valence-electron chi connectivity index (χ2n) is 10.1. The minimum absolute atomic E-state index is 0.0958. The molecule has 242 valence electrons. The van der Waals surface area contributed by atoms with Crippen molar-refractivity contribution in [2.45, 2.75) is 12.1 Å². The van der Waals surface area contributed by atoms with E-state index in [1.807, 2.05) is 0 Å². The fraction of sp³-hybridized carbons (Fsp3) is 0.414. The number of anilines is 3. The third-order valence-corrected chi connectivity index (χ3v) is 8.16. The number of halogens is 2. The Kier molecular flexibility index (Phi) is 11.8. The van der Waals surface area contributed by atoms with E-state index in [-0.39, 0.29) is 63.5 Å². The summed E-state index contributed by atoms with van der Waals surface area (Å²) in [5.41, 5.74) is 0.109. The van der Waals surface area contributed by atoms with E-state index < -0.39 is 6.03 Å². The molecule has 3 heterocycles. The highest BCUT2D eigenvalue weighted by Gasteiger charge is 2.30. The number of urea groups is 1. The number of hydrogen-bond acceptors (Lipinski definition) is 10. The molecule has 2 saturated heterocycles. The fourth-order valence-electron chi connectivity index (χ4n) is 4.90. The summed E-state index contributed by atoms with van der Waals surface area (Å²) in [6.45, 7) is 10.7. The van der Waals surface area contributed by atoms with Crippen LogP contribution in [0.4, 0.5) is 22.1 Å². The Morgan fingerprint density at radius 1 is 1.02 bits per heavy atom. The summed E-state index contributed by atoms with van der Waals surface area (Å²) < 4.78 is 16.2. The van der Waals surface area contributed by atoms with Crippen LogP contribution in [-0.4, -0.2) is 116 Å². The first-order chi connectivity index (χ1) is 21.7. The lowest BCUT2D eigenvalue weighted by molar-refractivity contribution is -0.127. The Bertz CT molecular complexity index is 1390. The average molecular weight is 664 g/mol. The normalized spacial score (nSPS) is 18.1. The zero-order valence-corrected chi connectivity index (χ0v) is 26.6. The van der Waals surface area contributed by atoms with E-state index in [1.165, 1.54) is 43.7 Å². The predicted molar refractivity (Wildman–Crippen MR) is 172 cm³/mol. The number of methoxy groups -OCH3 is 2. The SMILES string of the molecule is C=CC(=O)NC1COCC1Nc1cc(N(CCN2CCN(C(=O)C=C)CC2)C(=O)Nc2c(Cl)c(OC)cc(OC)c2Cl)ncn1. The molecule has 4 amide bonds. The molecule has 2 fully saturated rings. The van der Waals surface area contributed by atoms with Crippen LogP contribution in [0.1, 0.15) is 0 Å². The van der Waals surface area contributed by atoms with Gasteiger partial charge in [-0.3, -0.25) is 19.4 Å². The van der Waals surface area contributed by atoms with Gasteiger partial charge in [-0.15, -0.1) is 0 Å². The number of hydrogen-bond donors (Lipinski definition) is 3. The lowest BCUT2D eigenvalue weighted by atomic mass is 10.1. The maximum absolute atomic E-state index is 13.9. The van der Waals surface area contributed by atoms with Crippen molar-refractivity contribution in [1.29, 1.82) is 0 Å². The lowest BCUT2D eigenvalue weighted by Gasteiger charge is -2.35. The summed E-state index contributed by atoms with van der Waals surface area (Å²) in [4.78, 5) is 51.8. The fourth-order valence-corrected chi connectivity index (χ4v) is 5.49.